The van der Waals surface area contributed by atoms with Crippen LogP contribution in [0.1, 0.15) is 77.0 Å². The number of rotatable bonds is 6. The van der Waals surface area contributed by atoms with Gasteiger partial charge in [0.15, 0.2) is 5.96 Å². The zero-order valence-corrected chi connectivity index (χ0v) is 17.2. The molecule has 2 amide bonds. The number of carboxylic acids is 1. The predicted molar refractivity (Wildman–Crippen MR) is 110 cm³/mol. The number of amides is 2. The molecule has 9 nitrogen and oxygen atoms in total. The Balaban J connectivity index is 1.48. The Kier molecular flexibility index (Phi) is 5.07. The Labute approximate surface area is 174 Å². The first-order chi connectivity index (χ1) is 14.2. The van der Waals surface area contributed by atoms with Gasteiger partial charge < -0.3 is 26.9 Å². The quantitative estimate of drug-likeness (QED) is 0.349. The molecule has 9 heteroatoms. The lowest BCUT2D eigenvalue weighted by molar-refractivity contribution is -0.126. The van der Waals surface area contributed by atoms with Crippen LogP contribution in [0, 0.1) is 24.7 Å². The zero-order valence-electron chi connectivity index (χ0n) is 17.2. The lowest BCUT2D eigenvalue weighted by Gasteiger charge is -2.56. The molecule has 0 aromatic carbocycles. The highest BCUT2D eigenvalue weighted by molar-refractivity contribution is 6.03. The molecule has 0 aliphatic heterocycles. The molecule has 4 bridgehead atoms. The van der Waals surface area contributed by atoms with Crippen LogP contribution in [0.3, 0.4) is 0 Å². The first-order valence-electron chi connectivity index (χ1n) is 10.6. The van der Waals surface area contributed by atoms with E-state index in [9.17, 15) is 19.5 Å². The standard InChI is InChI=1S/C21H29N5O4/c1-10-14(17(18(28)25-20(22)23)24-16(10)19(29)30)2-3-15(27)26-21-7-11-4-12(8-21)6-13(5-11)9-21/h11-13,24H,2-9H2,1H3,(H,26,27)(H,29,30)(H4,22,23,25,28). The van der Waals surface area contributed by atoms with Gasteiger partial charge in [-0.3, -0.25) is 9.59 Å². The molecule has 1 aromatic heterocycles. The second kappa shape index (κ2) is 7.45. The fraction of sp³-hybridized carbons (Fsp3) is 0.619. The number of nitrogens with two attached hydrogens (primary N) is 2. The number of nitrogens with zero attached hydrogens (tertiary/aromatic N) is 1. The first kappa shape index (κ1) is 20.4. The maximum Gasteiger partial charge on any atom is 0.352 e. The number of aromatic carboxylic acids is 1. The number of hydrogen-bond donors (Lipinski definition) is 5. The summed E-state index contributed by atoms with van der Waals surface area (Å²) in [6, 6.07) is 0. The number of hydrogen-bond acceptors (Lipinski definition) is 3. The maximum absolute atomic E-state index is 12.8. The summed E-state index contributed by atoms with van der Waals surface area (Å²) in [7, 11) is 0. The molecule has 0 atom stereocenters. The smallest absolute Gasteiger partial charge is 0.352 e. The van der Waals surface area contributed by atoms with E-state index in [2.05, 4.69) is 15.3 Å². The van der Waals surface area contributed by atoms with Crippen molar-refractivity contribution >= 4 is 23.7 Å². The van der Waals surface area contributed by atoms with E-state index in [0.717, 1.165) is 37.0 Å². The molecular formula is C21H29N5O4. The molecule has 4 aliphatic carbocycles. The Morgan fingerprint density at radius 2 is 1.67 bits per heavy atom. The van der Waals surface area contributed by atoms with Crippen LogP contribution in [-0.2, 0) is 11.2 Å². The van der Waals surface area contributed by atoms with Crippen LogP contribution >= 0.6 is 0 Å². The molecule has 4 saturated carbocycles. The van der Waals surface area contributed by atoms with Gasteiger partial charge in [-0.2, -0.15) is 4.99 Å². The van der Waals surface area contributed by atoms with Gasteiger partial charge in [0.05, 0.1) is 0 Å². The van der Waals surface area contributed by atoms with Gasteiger partial charge in [0.1, 0.15) is 11.4 Å². The number of H-pyrrole nitrogens is 1. The minimum Gasteiger partial charge on any atom is -0.477 e. The summed E-state index contributed by atoms with van der Waals surface area (Å²) in [6.45, 7) is 1.61. The normalized spacial score (nSPS) is 28.9. The third-order valence-corrected chi connectivity index (χ3v) is 7.08. The predicted octanol–water partition coefficient (Wildman–Crippen LogP) is 1.45. The van der Waals surface area contributed by atoms with E-state index in [0.29, 0.717) is 11.1 Å². The first-order valence-corrected chi connectivity index (χ1v) is 10.6. The van der Waals surface area contributed by atoms with E-state index in [-0.39, 0.29) is 35.7 Å². The van der Waals surface area contributed by atoms with E-state index >= 15 is 0 Å². The van der Waals surface area contributed by atoms with Gasteiger partial charge in [0, 0.05) is 12.0 Å². The molecule has 1 heterocycles. The summed E-state index contributed by atoms with van der Waals surface area (Å²) in [5.41, 5.74) is 11.3. The van der Waals surface area contributed by atoms with Crippen LogP contribution in [0.25, 0.3) is 0 Å². The van der Waals surface area contributed by atoms with Gasteiger partial charge >= 0.3 is 5.97 Å². The van der Waals surface area contributed by atoms with Crippen LogP contribution in [0.4, 0.5) is 0 Å². The van der Waals surface area contributed by atoms with Crippen molar-refractivity contribution in [1.82, 2.24) is 10.3 Å². The molecule has 0 unspecified atom stereocenters. The highest BCUT2D eigenvalue weighted by Crippen LogP contribution is 2.55. The van der Waals surface area contributed by atoms with E-state index in [1.165, 1.54) is 19.3 Å². The van der Waals surface area contributed by atoms with Crippen LogP contribution in [0.2, 0.25) is 0 Å². The zero-order chi connectivity index (χ0) is 21.6. The Hall–Kier alpha value is -2.84. The Morgan fingerprint density at radius 1 is 1.10 bits per heavy atom. The Morgan fingerprint density at radius 3 is 2.17 bits per heavy atom. The summed E-state index contributed by atoms with van der Waals surface area (Å²) in [5, 5.41) is 12.7. The summed E-state index contributed by atoms with van der Waals surface area (Å²) in [6.07, 6.45) is 7.47. The molecule has 7 N–H and O–H groups in total. The number of aromatic nitrogens is 1. The number of carbonyl (C=O) groups excluding carboxylic acids is 2. The molecule has 162 valence electrons. The highest BCUT2D eigenvalue weighted by Gasteiger charge is 2.51. The monoisotopic (exact) mass is 415 g/mol. The average molecular weight is 415 g/mol. The number of carboxylic acid groups (broad SMARTS) is 1. The van der Waals surface area contributed by atoms with Crippen molar-refractivity contribution in [3.8, 4) is 0 Å². The van der Waals surface area contributed by atoms with Crippen molar-refractivity contribution in [2.75, 3.05) is 0 Å². The van der Waals surface area contributed by atoms with Crippen LogP contribution in [0.5, 0.6) is 0 Å². The maximum atomic E-state index is 12.8. The number of aliphatic imine (C=N–C) groups is 1. The number of aromatic amines is 1. The molecule has 4 fully saturated rings. The molecule has 0 radical (unpaired) electrons. The van der Waals surface area contributed by atoms with Crippen molar-refractivity contribution in [3.05, 3.63) is 22.5 Å². The third-order valence-electron chi connectivity index (χ3n) is 7.08. The van der Waals surface area contributed by atoms with Crippen molar-refractivity contribution in [3.63, 3.8) is 0 Å². The van der Waals surface area contributed by atoms with Crippen molar-refractivity contribution in [2.24, 2.45) is 34.2 Å². The number of nitrogens with one attached hydrogen (secondary N) is 2. The molecule has 30 heavy (non-hydrogen) atoms. The van der Waals surface area contributed by atoms with E-state index in [1.54, 1.807) is 6.92 Å². The summed E-state index contributed by atoms with van der Waals surface area (Å²) in [4.78, 5) is 42.7. The largest absolute Gasteiger partial charge is 0.477 e. The molecule has 4 aliphatic rings. The van der Waals surface area contributed by atoms with Gasteiger partial charge in [-0.25, -0.2) is 4.79 Å². The van der Waals surface area contributed by atoms with Crippen molar-refractivity contribution < 1.29 is 19.5 Å². The minimum absolute atomic E-state index is 0.0147. The summed E-state index contributed by atoms with van der Waals surface area (Å²) < 4.78 is 0. The number of guanidine groups is 1. The fourth-order valence-corrected chi connectivity index (χ4v) is 6.38. The van der Waals surface area contributed by atoms with Crippen LogP contribution in [-0.4, -0.2) is 39.4 Å². The van der Waals surface area contributed by atoms with Crippen molar-refractivity contribution in [1.29, 1.82) is 0 Å². The summed E-state index contributed by atoms with van der Waals surface area (Å²) >= 11 is 0. The lowest BCUT2D eigenvalue weighted by atomic mass is 9.53. The molecule has 0 saturated heterocycles. The molecular weight excluding hydrogens is 386 g/mol. The minimum atomic E-state index is -1.18. The second-order valence-corrected chi connectivity index (χ2v) is 9.37. The second-order valence-electron chi connectivity index (χ2n) is 9.37. The van der Waals surface area contributed by atoms with Gasteiger partial charge in [0.25, 0.3) is 5.91 Å². The number of carbonyl (C=O) groups is 3. The molecule has 0 spiro atoms. The van der Waals surface area contributed by atoms with Crippen LogP contribution in [0.15, 0.2) is 4.99 Å². The van der Waals surface area contributed by atoms with Gasteiger partial charge in [0.2, 0.25) is 5.91 Å². The van der Waals surface area contributed by atoms with Crippen molar-refractivity contribution in [2.45, 2.75) is 63.8 Å². The fourth-order valence-electron chi connectivity index (χ4n) is 6.38. The Bertz CT molecular complexity index is 893. The molecule has 5 rings (SSSR count). The van der Waals surface area contributed by atoms with E-state index in [4.69, 9.17) is 11.5 Å². The summed E-state index contributed by atoms with van der Waals surface area (Å²) in [5.74, 6) is -0.219. The SMILES string of the molecule is Cc1c(C(=O)O)[nH]c(C(=O)N=C(N)N)c1CCC(=O)NC12CC3CC(CC(C3)C1)C2. The average Bonchev–Trinajstić information content (AvgIpc) is 2.94. The lowest BCUT2D eigenvalue weighted by Crippen LogP contribution is -2.59. The van der Waals surface area contributed by atoms with Gasteiger partial charge in [-0.05, 0) is 80.8 Å². The van der Waals surface area contributed by atoms with E-state index in [1.807, 2.05) is 0 Å². The molecule has 1 aromatic rings. The van der Waals surface area contributed by atoms with Crippen LogP contribution < -0.4 is 16.8 Å². The van der Waals surface area contributed by atoms with Gasteiger partial charge in [-0.15, -0.1) is 0 Å². The van der Waals surface area contributed by atoms with E-state index < -0.39 is 17.8 Å². The third kappa shape index (κ3) is 3.80. The van der Waals surface area contributed by atoms with Gasteiger partial charge in [-0.1, -0.05) is 0 Å². The highest BCUT2D eigenvalue weighted by atomic mass is 16.4. The topological polar surface area (TPSA) is 164 Å².